The lowest BCUT2D eigenvalue weighted by atomic mass is 10.00. The molecule has 1 N–H and O–H groups in total. The van der Waals surface area contributed by atoms with Gasteiger partial charge in [-0.3, -0.25) is 9.97 Å². The van der Waals surface area contributed by atoms with Crippen molar-refractivity contribution in [2.45, 2.75) is 12.5 Å². The Kier molecular flexibility index (Phi) is 3.70. The number of pyridine rings is 2. The second-order valence-corrected chi connectivity index (χ2v) is 4.82. The number of benzene rings is 1. The summed E-state index contributed by atoms with van der Waals surface area (Å²) in [5.74, 6) is 0. The number of rotatable bonds is 4. The van der Waals surface area contributed by atoms with Crippen LogP contribution in [0, 0.1) is 0 Å². The molecule has 0 saturated heterocycles. The Morgan fingerprint density at radius 1 is 1.05 bits per heavy atom. The van der Waals surface area contributed by atoms with E-state index in [0.717, 1.165) is 12.1 Å². The summed E-state index contributed by atoms with van der Waals surface area (Å²) in [6, 6.07) is 14.7. The zero-order chi connectivity index (χ0) is 13.8. The third kappa shape index (κ3) is 2.53. The van der Waals surface area contributed by atoms with Crippen molar-refractivity contribution in [2.75, 3.05) is 7.05 Å². The lowest BCUT2D eigenvalue weighted by Gasteiger charge is -2.17. The van der Waals surface area contributed by atoms with E-state index in [0.29, 0.717) is 0 Å². The molecule has 0 radical (unpaired) electrons. The van der Waals surface area contributed by atoms with E-state index in [9.17, 15) is 0 Å². The minimum atomic E-state index is 0.185. The topological polar surface area (TPSA) is 37.8 Å². The predicted octanol–water partition coefficient (Wildman–Crippen LogP) is 3.13. The van der Waals surface area contributed by atoms with Crippen molar-refractivity contribution >= 4 is 10.8 Å². The van der Waals surface area contributed by atoms with Crippen LogP contribution in [0.3, 0.4) is 0 Å². The SMILES string of the molecule is CNC(Cc1cccnc1)c1nccc2ccccc12. The second kappa shape index (κ2) is 5.80. The Hall–Kier alpha value is -2.26. The molecule has 0 bridgehead atoms. The number of aromatic nitrogens is 2. The summed E-state index contributed by atoms with van der Waals surface area (Å²) in [4.78, 5) is 8.77. The van der Waals surface area contributed by atoms with E-state index in [1.54, 1.807) is 6.20 Å². The van der Waals surface area contributed by atoms with Gasteiger partial charge in [-0.05, 0) is 36.6 Å². The van der Waals surface area contributed by atoms with Crippen molar-refractivity contribution in [2.24, 2.45) is 0 Å². The predicted molar refractivity (Wildman–Crippen MR) is 81.5 cm³/mol. The van der Waals surface area contributed by atoms with E-state index in [4.69, 9.17) is 0 Å². The Morgan fingerprint density at radius 3 is 2.75 bits per heavy atom. The quantitative estimate of drug-likeness (QED) is 0.786. The molecule has 0 saturated carbocycles. The number of fused-ring (bicyclic) bond motifs is 1. The van der Waals surface area contributed by atoms with Gasteiger partial charge in [0, 0.05) is 24.0 Å². The number of likely N-dealkylation sites (N-methyl/N-ethyl adjacent to an activating group) is 1. The molecule has 3 heteroatoms. The highest BCUT2D eigenvalue weighted by molar-refractivity contribution is 5.84. The summed E-state index contributed by atoms with van der Waals surface area (Å²) >= 11 is 0. The number of hydrogen-bond acceptors (Lipinski definition) is 3. The Bertz CT molecular complexity index is 689. The van der Waals surface area contributed by atoms with E-state index >= 15 is 0 Å². The molecule has 2 aromatic heterocycles. The van der Waals surface area contributed by atoms with Crippen LogP contribution in [0.15, 0.2) is 61.1 Å². The zero-order valence-electron chi connectivity index (χ0n) is 11.5. The molecule has 0 amide bonds. The van der Waals surface area contributed by atoms with Gasteiger partial charge in [0.2, 0.25) is 0 Å². The molecule has 2 heterocycles. The van der Waals surface area contributed by atoms with E-state index in [1.165, 1.54) is 16.3 Å². The van der Waals surface area contributed by atoms with Crippen molar-refractivity contribution in [3.05, 3.63) is 72.3 Å². The summed E-state index contributed by atoms with van der Waals surface area (Å²) in [5, 5.41) is 5.80. The van der Waals surface area contributed by atoms with Crippen molar-refractivity contribution in [3.63, 3.8) is 0 Å². The van der Waals surface area contributed by atoms with Gasteiger partial charge >= 0.3 is 0 Å². The Balaban J connectivity index is 1.99. The first kappa shape index (κ1) is 12.8. The van der Waals surface area contributed by atoms with Gasteiger partial charge in [-0.2, -0.15) is 0 Å². The van der Waals surface area contributed by atoms with Crippen molar-refractivity contribution in [3.8, 4) is 0 Å². The molecule has 20 heavy (non-hydrogen) atoms. The lowest BCUT2D eigenvalue weighted by Crippen LogP contribution is -2.20. The summed E-state index contributed by atoms with van der Waals surface area (Å²) in [6.07, 6.45) is 6.47. The maximum atomic E-state index is 4.59. The maximum absolute atomic E-state index is 4.59. The average Bonchev–Trinajstić information content (AvgIpc) is 2.53. The number of nitrogens with one attached hydrogen (secondary N) is 1. The smallest absolute Gasteiger partial charge is 0.0654 e. The Morgan fingerprint density at radius 2 is 1.95 bits per heavy atom. The van der Waals surface area contributed by atoms with Gasteiger partial charge in [-0.15, -0.1) is 0 Å². The van der Waals surface area contributed by atoms with Crippen LogP contribution in [0.1, 0.15) is 17.3 Å². The average molecular weight is 263 g/mol. The molecule has 0 spiro atoms. The molecule has 1 unspecified atom stereocenters. The molecule has 0 aliphatic heterocycles. The third-order valence-electron chi connectivity index (χ3n) is 3.55. The molecule has 0 aliphatic carbocycles. The Labute approximate surface area is 118 Å². The minimum Gasteiger partial charge on any atom is -0.311 e. The molecule has 3 rings (SSSR count). The van der Waals surface area contributed by atoms with Crippen LogP contribution in [0.2, 0.25) is 0 Å². The fraction of sp³-hybridized carbons (Fsp3) is 0.176. The molecule has 1 aromatic carbocycles. The molecule has 1 atom stereocenters. The van der Waals surface area contributed by atoms with E-state index in [1.807, 2.05) is 25.5 Å². The monoisotopic (exact) mass is 263 g/mol. The van der Waals surface area contributed by atoms with Crippen LogP contribution in [-0.4, -0.2) is 17.0 Å². The summed E-state index contributed by atoms with van der Waals surface area (Å²) in [7, 11) is 1.98. The van der Waals surface area contributed by atoms with Gasteiger partial charge < -0.3 is 5.32 Å². The van der Waals surface area contributed by atoms with Crippen molar-refractivity contribution in [1.82, 2.24) is 15.3 Å². The van der Waals surface area contributed by atoms with Gasteiger partial charge in [0.1, 0.15) is 0 Å². The van der Waals surface area contributed by atoms with Crippen LogP contribution >= 0.6 is 0 Å². The molecule has 100 valence electrons. The van der Waals surface area contributed by atoms with Crippen LogP contribution in [0.5, 0.6) is 0 Å². The van der Waals surface area contributed by atoms with E-state index in [-0.39, 0.29) is 6.04 Å². The molecule has 3 aromatic rings. The van der Waals surface area contributed by atoms with Gasteiger partial charge in [-0.25, -0.2) is 0 Å². The van der Waals surface area contributed by atoms with Gasteiger partial charge in [0.05, 0.1) is 11.7 Å². The molecular formula is C17H17N3. The second-order valence-electron chi connectivity index (χ2n) is 4.82. The summed E-state index contributed by atoms with van der Waals surface area (Å²) in [6.45, 7) is 0. The molecule has 0 aliphatic rings. The number of hydrogen-bond donors (Lipinski definition) is 1. The van der Waals surface area contributed by atoms with Crippen molar-refractivity contribution < 1.29 is 0 Å². The summed E-state index contributed by atoms with van der Waals surface area (Å²) < 4.78 is 0. The summed E-state index contributed by atoms with van der Waals surface area (Å²) in [5.41, 5.74) is 2.30. The highest BCUT2D eigenvalue weighted by atomic mass is 14.9. The van der Waals surface area contributed by atoms with E-state index in [2.05, 4.69) is 51.7 Å². The maximum Gasteiger partial charge on any atom is 0.0654 e. The van der Waals surface area contributed by atoms with Gasteiger partial charge in [0.25, 0.3) is 0 Å². The normalized spacial score (nSPS) is 12.4. The fourth-order valence-corrected chi connectivity index (χ4v) is 2.51. The largest absolute Gasteiger partial charge is 0.311 e. The highest BCUT2D eigenvalue weighted by Gasteiger charge is 2.14. The van der Waals surface area contributed by atoms with Gasteiger partial charge in [-0.1, -0.05) is 30.3 Å². The first-order chi connectivity index (χ1) is 9.88. The molecule has 0 fully saturated rings. The minimum absolute atomic E-state index is 0.185. The standard InChI is InChI=1S/C17H17N3/c1-18-16(11-13-5-4-9-19-12-13)17-15-7-3-2-6-14(15)8-10-20-17/h2-10,12,16,18H,11H2,1H3. The van der Waals surface area contributed by atoms with Gasteiger partial charge in [0.15, 0.2) is 0 Å². The van der Waals surface area contributed by atoms with Crippen LogP contribution < -0.4 is 5.32 Å². The molecule has 3 nitrogen and oxygen atoms in total. The van der Waals surface area contributed by atoms with Crippen LogP contribution in [0.25, 0.3) is 10.8 Å². The van der Waals surface area contributed by atoms with Crippen molar-refractivity contribution in [1.29, 1.82) is 0 Å². The first-order valence-corrected chi connectivity index (χ1v) is 6.78. The highest BCUT2D eigenvalue weighted by Crippen LogP contribution is 2.24. The number of nitrogens with zero attached hydrogens (tertiary/aromatic N) is 2. The van der Waals surface area contributed by atoms with Crippen LogP contribution in [-0.2, 0) is 6.42 Å². The third-order valence-corrected chi connectivity index (χ3v) is 3.55. The fourth-order valence-electron chi connectivity index (χ4n) is 2.51. The lowest BCUT2D eigenvalue weighted by molar-refractivity contribution is 0.580. The van der Waals surface area contributed by atoms with E-state index < -0.39 is 0 Å². The molecular weight excluding hydrogens is 246 g/mol. The first-order valence-electron chi connectivity index (χ1n) is 6.78. The van der Waals surface area contributed by atoms with Crippen LogP contribution in [0.4, 0.5) is 0 Å². The zero-order valence-corrected chi connectivity index (χ0v) is 11.5.